The molecule has 1 amide bonds. The van der Waals surface area contributed by atoms with Gasteiger partial charge in [0.05, 0.1) is 25.4 Å². The van der Waals surface area contributed by atoms with Gasteiger partial charge in [0, 0.05) is 6.42 Å². The van der Waals surface area contributed by atoms with Gasteiger partial charge in [-0.25, -0.2) is 0 Å². The van der Waals surface area contributed by atoms with Crippen LogP contribution >= 0.6 is 0 Å². The number of hydrogen-bond donors (Lipinski definition) is 6. The van der Waals surface area contributed by atoms with E-state index in [-0.39, 0.29) is 12.5 Å². The fraction of sp³-hybridized carbons (Fsp3) is 0.907. The number of carbonyl (C=O) groups is 1. The van der Waals surface area contributed by atoms with Gasteiger partial charge < -0.3 is 40.3 Å². The zero-order valence-electron chi connectivity index (χ0n) is 55.7. The minimum Gasteiger partial charge on any atom is -0.394 e. The monoisotopic (exact) mass is 1190 g/mol. The van der Waals surface area contributed by atoms with E-state index in [2.05, 4.69) is 43.5 Å². The largest absolute Gasteiger partial charge is 0.394 e. The predicted octanol–water partition coefficient (Wildman–Crippen LogP) is 20.6. The highest BCUT2D eigenvalue weighted by Gasteiger charge is 2.44. The summed E-state index contributed by atoms with van der Waals surface area (Å²) in [4.78, 5) is 13.1. The molecule has 0 radical (unpaired) electrons. The minimum absolute atomic E-state index is 0.183. The first-order chi connectivity index (χ1) is 41.3. The van der Waals surface area contributed by atoms with Crippen molar-refractivity contribution >= 4 is 5.91 Å². The number of carbonyl (C=O) groups excluding carboxylic acids is 1. The van der Waals surface area contributed by atoms with Crippen LogP contribution in [0.1, 0.15) is 380 Å². The lowest BCUT2D eigenvalue weighted by Gasteiger charge is -2.40. The summed E-state index contributed by atoms with van der Waals surface area (Å²) in [7, 11) is 0. The third kappa shape index (κ3) is 52.4. The molecule has 0 aromatic rings. The normalized spacial score (nSPS) is 18.3. The van der Waals surface area contributed by atoms with E-state index < -0.39 is 49.5 Å². The number of rotatable bonds is 66. The summed E-state index contributed by atoms with van der Waals surface area (Å²) in [6.07, 6.45) is 80.1. The van der Waals surface area contributed by atoms with Crippen molar-refractivity contribution in [2.45, 2.75) is 423 Å². The molecular formula is C75H143NO8. The van der Waals surface area contributed by atoms with Gasteiger partial charge in [0.1, 0.15) is 24.4 Å². The Bertz CT molecular complexity index is 1420. The van der Waals surface area contributed by atoms with Crippen LogP contribution < -0.4 is 5.32 Å². The number of amides is 1. The van der Waals surface area contributed by atoms with Gasteiger partial charge in [0.2, 0.25) is 5.91 Å². The van der Waals surface area contributed by atoms with Crippen LogP contribution in [0.3, 0.4) is 0 Å². The van der Waals surface area contributed by atoms with Gasteiger partial charge in [-0.05, 0) is 44.9 Å². The maximum atomic E-state index is 13.1. The summed E-state index contributed by atoms with van der Waals surface area (Å²) < 4.78 is 11.3. The molecule has 1 heterocycles. The second-order valence-corrected chi connectivity index (χ2v) is 26.1. The van der Waals surface area contributed by atoms with Gasteiger partial charge in [-0.3, -0.25) is 4.79 Å². The van der Waals surface area contributed by atoms with Gasteiger partial charge >= 0.3 is 0 Å². The smallest absolute Gasteiger partial charge is 0.220 e. The second-order valence-electron chi connectivity index (χ2n) is 26.1. The van der Waals surface area contributed by atoms with Crippen molar-refractivity contribution in [1.82, 2.24) is 5.32 Å². The maximum Gasteiger partial charge on any atom is 0.220 e. The molecule has 7 unspecified atom stereocenters. The van der Waals surface area contributed by atoms with Crippen LogP contribution in [0.2, 0.25) is 0 Å². The molecule has 6 N–H and O–H groups in total. The van der Waals surface area contributed by atoms with E-state index in [4.69, 9.17) is 9.47 Å². The van der Waals surface area contributed by atoms with Crippen LogP contribution in [0.5, 0.6) is 0 Å². The van der Waals surface area contributed by atoms with Crippen molar-refractivity contribution in [3.63, 3.8) is 0 Å². The van der Waals surface area contributed by atoms with Crippen molar-refractivity contribution in [1.29, 1.82) is 0 Å². The summed E-state index contributed by atoms with van der Waals surface area (Å²) in [5.41, 5.74) is 0. The van der Waals surface area contributed by atoms with Gasteiger partial charge in [-0.15, -0.1) is 0 Å². The quantitative estimate of drug-likeness (QED) is 0.0261. The third-order valence-corrected chi connectivity index (χ3v) is 17.9. The van der Waals surface area contributed by atoms with Crippen molar-refractivity contribution in [2.75, 3.05) is 13.2 Å². The van der Waals surface area contributed by atoms with Gasteiger partial charge in [-0.1, -0.05) is 365 Å². The first-order valence-electron chi connectivity index (χ1n) is 37.2. The molecule has 0 spiro atoms. The molecule has 0 aromatic heterocycles. The SMILES string of the molecule is CCCCCCCCCCCCCC/C=C/CC/C=C/CC/C=C/C(O)C(COC1OC(CO)C(O)C(O)C1O)NC(=O)CCCCCCCCCCCCCCCCCCCCCCCCCCCCCCCCCCCCCCCCC. The summed E-state index contributed by atoms with van der Waals surface area (Å²) >= 11 is 0. The fourth-order valence-corrected chi connectivity index (χ4v) is 12.1. The molecule has 496 valence electrons. The topological polar surface area (TPSA) is 149 Å². The van der Waals surface area contributed by atoms with Crippen LogP contribution in [-0.2, 0) is 14.3 Å². The van der Waals surface area contributed by atoms with Crippen molar-refractivity contribution in [2.24, 2.45) is 0 Å². The number of allylic oxidation sites excluding steroid dienone is 5. The molecule has 1 saturated heterocycles. The molecular weight excluding hydrogens is 1040 g/mol. The molecule has 9 nitrogen and oxygen atoms in total. The molecule has 9 heteroatoms. The molecule has 0 aliphatic carbocycles. The molecule has 84 heavy (non-hydrogen) atoms. The highest BCUT2D eigenvalue weighted by molar-refractivity contribution is 5.76. The van der Waals surface area contributed by atoms with E-state index >= 15 is 0 Å². The number of ether oxygens (including phenoxy) is 2. The Morgan fingerprint density at radius 3 is 1.00 bits per heavy atom. The van der Waals surface area contributed by atoms with E-state index in [1.165, 1.54) is 315 Å². The number of hydrogen-bond acceptors (Lipinski definition) is 8. The summed E-state index contributed by atoms with van der Waals surface area (Å²) in [6, 6.07) is -0.828. The Morgan fingerprint density at radius 2 is 0.679 bits per heavy atom. The number of unbranched alkanes of at least 4 members (excludes halogenated alkanes) is 52. The highest BCUT2D eigenvalue weighted by Crippen LogP contribution is 2.24. The fourth-order valence-electron chi connectivity index (χ4n) is 12.1. The average molecular weight is 1190 g/mol. The zero-order chi connectivity index (χ0) is 60.7. The summed E-state index contributed by atoms with van der Waals surface area (Å²) in [5, 5.41) is 54.7. The molecule has 1 aliphatic heterocycles. The van der Waals surface area contributed by atoms with E-state index in [1.54, 1.807) is 6.08 Å². The Balaban J connectivity index is 2.06. The standard InChI is InChI=1S/C75H143NO8/c1-3-5-7-9-11-13-15-17-19-21-23-25-27-28-29-30-31-32-33-34-35-36-37-38-39-40-41-42-43-45-47-49-51-53-55-57-59-61-63-65-71(79)76-68(67-83-75-74(82)73(81)72(80)70(66-77)84-75)69(78)64-62-60-58-56-54-52-50-48-46-44-26-24-22-20-18-16-14-12-10-8-6-4-2/h46,48,54,56,62,64,68-70,72-75,77-78,80-82H,3-45,47,49-53,55,57-61,63,65-67H2,1-2H3,(H,76,79)/b48-46+,56-54+,64-62+. The lowest BCUT2D eigenvalue weighted by Crippen LogP contribution is -2.60. The molecule has 0 bridgehead atoms. The van der Waals surface area contributed by atoms with Crippen molar-refractivity contribution in [3.05, 3.63) is 36.5 Å². The van der Waals surface area contributed by atoms with Gasteiger partial charge in [-0.2, -0.15) is 0 Å². The molecule has 1 fully saturated rings. The van der Waals surface area contributed by atoms with Crippen LogP contribution in [0.25, 0.3) is 0 Å². The van der Waals surface area contributed by atoms with E-state index in [1.807, 2.05) is 6.08 Å². The summed E-state index contributed by atoms with van der Waals surface area (Å²) in [5.74, 6) is -0.183. The molecule has 7 atom stereocenters. The first-order valence-corrected chi connectivity index (χ1v) is 37.2. The summed E-state index contributed by atoms with van der Waals surface area (Å²) in [6.45, 7) is 3.81. The molecule has 0 saturated carbocycles. The lowest BCUT2D eigenvalue weighted by molar-refractivity contribution is -0.302. The van der Waals surface area contributed by atoms with Crippen molar-refractivity contribution < 1.29 is 39.8 Å². The number of aliphatic hydroxyl groups is 5. The Morgan fingerprint density at radius 1 is 0.393 bits per heavy atom. The Kier molecular flexibility index (Phi) is 61.7. The molecule has 1 rings (SSSR count). The lowest BCUT2D eigenvalue weighted by atomic mass is 9.99. The van der Waals surface area contributed by atoms with E-state index in [0.717, 1.165) is 44.9 Å². The van der Waals surface area contributed by atoms with Crippen molar-refractivity contribution in [3.8, 4) is 0 Å². The first kappa shape index (κ1) is 80.4. The zero-order valence-corrected chi connectivity index (χ0v) is 55.7. The van der Waals surface area contributed by atoms with Gasteiger partial charge in [0.15, 0.2) is 6.29 Å². The Hall–Kier alpha value is -1.59. The second kappa shape index (κ2) is 64.4. The number of nitrogens with one attached hydrogen (secondary N) is 1. The predicted molar refractivity (Wildman–Crippen MR) is 360 cm³/mol. The van der Waals surface area contributed by atoms with Gasteiger partial charge in [0.25, 0.3) is 0 Å². The van der Waals surface area contributed by atoms with E-state index in [9.17, 15) is 30.3 Å². The molecule has 1 aliphatic rings. The van der Waals surface area contributed by atoms with Crippen LogP contribution in [0.4, 0.5) is 0 Å². The molecule has 0 aromatic carbocycles. The van der Waals surface area contributed by atoms with E-state index in [0.29, 0.717) is 6.42 Å². The third-order valence-electron chi connectivity index (χ3n) is 17.9. The minimum atomic E-state index is -1.57. The number of aliphatic hydroxyl groups excluding tert-OH is 5. The van der Waals surface area contributed by atoms with Crippen LogP contribution in [-0.4, -0.2) is 87.5 Å². The van der Waals surface area contributed by atoms with Crippen LogP contribution in [0, 0.1) is 0 Å². The maximum absolute atomic E-state index is 13.1. The van der Waals surface area contributed by atoms with Crippen LogP contribution in [0.15, 0.2) is 36.5 Å². The highest BCUT2D eigenvalue weighted by atomic mass is 16.7. The Labute approximate surface area is 521 Å². The average Bonchev–Trinajstić information content (AvgIpc) is 3.70.